The van der Waals surface area contributed by atoms with Crippen molar-refractivity contribution in [3.8, 4) is 0 Å². The molecule has 0 spiro atoms. The van der Waals surface area contributed by atoms with Crippen LogP contribution in [0.1, 0.15) is 18.4 Å². The highest BCUT2D eigenvalue weighted by Crippen LogP contribution is 2.15. The van der Waals surface area contributed by atoms with Crippen LogP contribution in [0.3, 0.4) is 0 Å². The van der Waals surface area contributed by atoms with Gasteiger partial charge in [-0.05, 0) is 13.8 Å². The number of primary amides is 1. The fraction of sp³-hybridized carbons (Fsp3) is 0.417. The average Bonchev–Trinajstić information content (AvgIpc) is 2.91. The summed E-state index contributed by atoms with van der Waals surface area (Å²) >= 11 is 0. The Morgan fingerprint density at radius 2 is 2.24 bits per heavy atom. The molecule has 21 heavy (non-hydrogen) atoms. The molecule has 0 saturated heterocycles. The van der Waals surface area contributed by atoms with E-state index in [0.29, 0.717) is 11.5 Å². The minimum absolute atomic E-state index is 0.143. The number of anilines is 2. The van der Waals surface area contributed by atoms with Crippen LogP contribution in [-0.4, -0.2) is 26.5 Å². The van der Waals surface area contributed by atoms with Gasteiger partial charge >= 0.3 is 0 Å². The van der Waals surface area contributed by atoms with E-state index in [-0.39, 0.29) is 23.6 Å². The van der Waals surface area contributed by atoms with Crippen molar-refractivity contribution in [1.29, 1.82) is 0 Å². The SMILES string of the molecule is Cc1cc(Cn2c(=O)c(N[C@@H](C)C(N)=O)c(N)n2C)no1. The molecule has 5 N–H and O–H groups in total. The third-order valence-electron chi connectivity index (χ3n) is 3.19. The molecule has 1 atom stereocenters. The normalized spacial score (nSPS) is 12.3. The van der Waals surface area contributed by atoms with Crippen LogP contribution < -0.4 is 22.3 Å². The maximum Gasteiger partial charge on any atom is 0.292 e. The number of carbonyl (C=O) groups is 1. The van der Waals surface area contributed by atoms with Crippen molar-refractivity contribution < 1.29 is 9.32 Å². The first kappa shape index (κ1) is 14.7. The molecule has 9 heteroatoms. The van der Waals surface area contributed by atoms with Crippen LogP contribution in [0.5, 0.6) is 0 Å². The van der Waals surface area contributed by atoms with E-state index < -0.39 is 11.9 Å². The van der Waals surface area contributed by atoms with Crippen molar-refractivity contribution in [2.75, 3.05) is 11.1 Å². The molecule has 0 bridgehead atoms. The second kappa shape index (κ2) is 5.35. The molecule has 0 saturated carbocycles. The summed E-state index contributed by atoms with van der Waals surface area (Å²) in [7, 11) is 1.64. The van der Waals surface area contributed by atoms with E-state index in [1.54, 1.807) is 27.0 Å². The molecule has 0 fully saturated rings. The van der Waals surface area contributed by atoms with E-state index in [1.807, 2.05) is 0 Å². The number of nitrogens with two attached hydrogens (primary N) is 2. The molecular weight excluding hydrogens is 276 g/mol. The molecule has 2 rings (SSSR count). The number of nitrogens with one attached hydrogen (secondary N) is 1. The van der Waals surface area contributed by atoms with E-state index in [1.165, 1.54) is 9.36 Å². The summed E-state index contributed by atoms with van der Waals surface area (Å²) < 4.78 is 7.85. The van der Waals surface area contributed by atoms with Crippen molar-refractivity contribution in [1.82, 2.24) is 14.5 Å². The number of nitrogen functional groups attached to an aromatic ring is 1. The number of aryl methyl sites for hydroxylation is 1. The van der Waals surface area contributed by atoms with Crippen molar-refractivity contribution in [2.24, 2.45) is 12.8 Å². The summed E-state index contributed by atoms with van der Waals surface area (Å²) in [6.07, 6.45) is 0. The zero-order valence-corrected chi connectivity index (χ0v) is 12.1. The van der Waals surface area contributed by atoms with Crippen LogP contribution in [0.2, 0.25) is 0 Å². The summed E-state index contributed by atoms with van der Waals surface area (Å²) in [6, 6.07) is 1.03. The molecule has 0 aliphatic carbocycles. The van der Waals surface area contributed by atoms with Crippen LogP contribution in [0.4, 0.5) is 11.5 Å². The first-order chi connectivity index (χ1) is 9.81. The van der Waals surface area contributed by atoms with Gasteiger partial charge in [-0.1, -0.05) is 5.16 Å². The zero-order valence-electron chi connectivity index (χ0n) is 12.1. The monoisotopic (exact) mass is 294 g/mol. The first-order valence-electron chi connectivity index (χ1n) is 6.34. The number of carbonyl (C=O) groups excluding carboxylic acids is 1. The van der Waals surface area contributed by atoms with Crippen molar-refractivity contribution in [3.63, 3.8) is 0 Å². The molecule has 2 heterocycles. The fourth-order valence-corrected chi connectivity index (χ4v) is 1.91. The smallest absolute Gasteiger partial charge is 0.292 e. The quantitative estimate of drug-likeness (QED) is 0.674. The standard InChI is InChI=1S/C12H18N6O3/c1-6-4-8(16-21-6)5-18-12(20)9(10(13)17(18)3)15-7(2)11(14)19/h4,7,15H,5,13H2,1-3H3,(H2,14,19)/t7-/m0/s1. The number of hydrogen-bond acceptors (Lipinski definition) is 6. The van der Waals surface area contributed by atoms with Crippen molar-refractivity contribution >= 4 is 17.4 Å². The molecule has 1 amide bonds. The summed E-state index contributed by atoms with van der Waals surface area (Å²) in [5.74, 6) is 0.297. The van der Waals surface area contributed by atoms with Gasteiger partial charge in [-0.2, -0.15) is 0 Å². The maximum absolute atomic E-state index is 12.4. The van der Waals surface area contributed by atoms with Crippen LogP contribution in [0.25, 0.3) is 0 Å². The summed E-state index contributed by atoms with van der Waals surface area (Å²) in [6.45, 7) is 3.53. The Labute approximate surface area is 120 Å². The molecule has 114 valence electrons. The largest absolute Gasteiger partial charge is 0.382 e. The molecule has 2 aromatic heterocycles. The Kier molecular flexibility index (Phi) is 3.74. The minimum Gasteiger partial charge on any atom is -0.382 e. The summed E-state index contributed by atoms with van der Waals surface area (Å²) in [5, 5.41) is 6.57. The summed E-state index contributed by atoms with van der Waals surface area (Å²) in [4.78, 5) is 23.5. The lowest BCUT2D eigenvalue weighted by atomic mass is 10.3. The van der Waals surface area contributed by atoms with E-state index >= 15 is 0 Å². The Morgan fingerprint density at radius 3 is 2.76 bits per heavy atom. The lowest BCUT2D eigenvalue weighted by molar-refractivity contribution is -0.118. The van der Waals surface area contributed by atoms with Crippen LogP contribution in [-0.2, 0) is 18.4 Å². The van der Waals surface area contributed by atoms with Gasteiger partial charge in [0.2, 0.25) is 5.91 Å². The van der Waals surface area contributed by atoms with Gasteiger partial charge in [-0.15, -0.1) is 0 Å². The van der Waals surface area contributed by atoms with Gasteiger partial charge in [0.25, 0.3) is 5.56 Å². The van der Waals surface area contributed by atoms with Gasteiger partial charge in [0.1, 0.15) is 29.0 Å². The Balaban J connectivity index is 2.35. The molecule has 0 aliphatic heterocycles. The summed E-state index contributed by atoms with van der Waals surface area (Å²) in [5.41, 5.74) is 11.5. The molecule has 9 nitrogen and oxygen atoms in total. The Morgan fingerprint density at radius 1 is 1.57 bits per heavy atom. The van der Waals surface area contributed by atoms with Gasteiger partial charge in [0.05, 0.1) is 6.54 Å². The average molecular weight is 294 g/mol. The molecule has 2 aromatic rings. The lowest BCUT2D eigenvalue weighted by Crippen LogP contribution is -2.34. The predicted octanol–water partition coefficient (Wildman–Crippen LogP) is -0.601. The maximum atomic E-state index is 12.4. The molecule has 0 unspecified atom stereocenters. The van der Waals surface area contributed by atoms with Gasteiger partial charge in [0.15, 0.2) is 0 Å². The van der Waals surface area contributed by atoms with E-state index in [4.69, 9.17) is 16.0 Å². The Bertz CT molecular complexity index is 726. The number of rotatable bonds is 5. The van der Waals surface area contributed by atoms with E-state index in [2.05, 4.69) is 10.5 Å². The molecular formula is C12H18N6O3. The van der Waals surface area contributed by atoms with Crippen LogP contribution in [0.15, 0.2) is 15.4 Å². The number of amides is 1. The third kappa shape index (κ3) is 2.76. The lowest BCUT2D eigenvalue weighted by Gasteiger charge is -2.09. The first-order valence-corrected chi connectivity index (χ1v) is 6.34. The van der Waals surface area contributed by atoms with Gasteiger partial charge in [-0.25, -0.2) is 4.68 Å². The van der Waals surface area contributed by atoms with Crippen molar-refractivity contribution in [2.45, 2.75) is 26.4 Å². The zero-order chi connectivity index (χ0) is 15.7. The highest BCUT2D eigenvalue weighted by atomic mass is 16.5. The number of aromatic nitrogens is 3. The fourth-order valence-electron chi connectivity index (χ4n) is 1.91. The third-order valence-corrected chi connectivity index (χ3v) is 3.19. The second-order valence-electron chi connectivity index (χ2n) is 4.84. The highest BCUT2D eigenvalue weighted by molar-refractivity contribution is 5.83. The van der Waals surface area contributed by atoms with Crippen molar-refractivity contribution in [3.05, 3.63) is 27.9 Å². The number of nitrogens with zero attached hydrogens (tertiary/aromatic N) is 3. The molecule has 0 aliphatic rings. The van der Waals surface area contributed by atoms with Crippen LogP contribution >= 0.6 is 0 Å². The second-order valence-corrected chi connectivity index (χ2v) is 4.84. The molecule has 0 aromatic carbocycles. The Hall–Kier alpha value is -2.71. The minimum atomic E-state index is -0.704. The van der Waals surface area contributed by atoms with Gasteiger partial charge < -0.3 is 21.3 Å². The van der Waals surface area contributed by atoms with Gasteiger partial charge in [-0.3, -0.25) is 14.3 Å². The highest BCUT2D eigenvalue weighted by Gasteiger charge is 2.20. The van der Waals surface area contributed by atoms with E-state index in [9.17, 15) is 9.59 Å². The molecule has 0 radical (unpaired) electrons. The predicted molar refractivity (Wildman–Crippen MR) is 76.7 cm³/mol. The topological polar surface area (TPSA) is 134 Å². The van der Waals surface area contributed by atoms with Crippen LogP contribution in [0, 0.1) is 6.92 Å². The number of hydrogen-bond donors (Lipinski definition) is 3. The van der Waals surface area contributed by atoms with Gasteiger partial charge in [0, 0.05) is 13.1 Å². The van der Waals surface area contributed by atoms with E-state index in [0.717, 1.165) is 0 Å².